The first-order valence-corrected chi connectivity index (χ1v) is 10.9. The van der Waals surface area contributed by atoms with Crippen LogP contribution in [0.3, 0.4) is 0 Å². The van der Waals surface area contributed by atoms with Crippen molar-refractivity contribution in [1.82, 2.24) is 0 Å². The number of hydrogen-bond acceptors (Lipinski definition) is 2. The van der Waals surface area contributed by atoms with E-state index >= 15 is 0 Å². The number of hydrogen-bond donors (Lipinski definition) is 1. The molecule has 0 atom stereocenters. The van der Waals surface area contributed by atoms with Gasteiger partial charge in [-0.15, -0.1) is 0 Å². The smallest absolute Gasteiger partial charge is 0.414 e. The Bertz CT molecular complexity index is 816. The standard InChI is InChI=1S/C26H37NO3/c1-16(2)20-11-9-12-21(17(3)4)24(20)27(26(28)29)15-30-25-22(18(5)6)13-10-14-23(25)19(7)8/h9-14,16-19H,15H2,1-8H3,(H,28,29). The Morgan fingerprint density at radius 3 is 1.47 bits per heavy atom. The molecule has 0 saturated heterocycles. The van der Waals surface area contributed by atoms with Gasteiger partial charge in [0.25, 0.3) is 0 Å². The van der Waals surface area contributed by atoms with Gasteiger partial charge in [0.1, 0.15) is 5.75 Å². The van der Waals surface area contributed by atoms with Crippen molar-refractivity contribution in [2.75, 3.05) is 11.6 Å². The van der Waals surface area contributed by atoms with Gasteiger partial charge in [-0.1, -0.05) is 91.8 Å². The van der Waals surface area contributed by atoms with Crippen LogP contribution in [0.15, 0.2) is 36.4 Å². The summed E-state index contributed by atoms with van der Waals surface area (Å²) in [5.74, 6) is 1.78. The molecule has 4 nitrogen and oxygen atoms in total. The summed E-state index contributed by atoms with van der Waals surface area (Å²) >= 11 is 0. The Morgan fingerprint density at radius 1 is 0.767 bits per heavy atom. The fraction of sp³-hybridized carbons (Fsp3) is 0.500. The van der Waals surface area contributed by atoms with Gasteiger partial charge in [-0.3, -0.25) is 0 Å². The van der Waals surface area contributed by atoms with Crippen molar-refractivity contribution in [2.45, 2.75) is 79.1 Å². The summed E-state index contributed by atoms with van der Waals surface area (Å²) in [5.41, 5.74) is 5.01. The number of para-hydroxylation sites is 2. The summed E-state index contributed by atoms with van der Waals surface area (Å²) < 4.78 is 6.28. The van der Waals surface area contributed by atoms with E-state index in [0.717, 1.165) is 33.7 Å². The van der Waals surface area contributed by atoms with Gasteiger partial charge in [0.05, 0.1) is 5.69 Å². The summed E-state index contributed by atoms with van der Waals surface area (Å²) in [6.45, 7) is 16.9. The maximum Gasteiger partial charge on any atom is 0.414 e. The van der Waals surface area contributed by atoms with Gasteiger partial charge < -0.3 is 9.84 Å². The van der Waals surface area contributed by atoms with Crippen molar-refractivity contribution in [3.63, 3.8) is 0 Å². The van der Waals surface area contributed by atoms with Crippen LogP contribution in [0.4, 0.5) is 10.5 Å². The third-order valence-electron chi connectivity index (χ3n) is 5.50. The van der Waals surface area contributed by atoms with E-state index in [1.54, 1.807) is 0 Å². The topological polar surface area (TPSA) is 49.8 Å². The quantitative estimate of drug-likeness (QED) is 0.453. The van der Waals surface area contributed by atoms with Crippen LogP contribution in [0.2, 0.25) is 0 Å². The van der Waals surface area contributed by atoms with Crippen LogP contribution in [-0.4, -0.2) is 17.9 Å². The number of nitrogens with zero attached hydrogens (tertiary/aromatic N) is 1. The minimum Gasteiger partial charge on any atom is -0.472 e. The molecule has 4 heteroatoms. The molecule has 0 aliphatic rings. The molecule has 0 aromatic heterocycles. The predicted molar refractivity (Wildman–Crippen MR) is 125 cm³/mol. The molecule has 2 rings (SSSR count). The Hall–Kier alpha value is -2.49. The SMILES string of the molecule is CC(C)c1cccc(C(C)C)c1OCN(C(=O)O)c1c(C(C)C)cccc1C(C)C. The highest BCUT2D eigenvalue weighted by molar-refractivity contribution is 5.88. The molecule has 0 aliphatic carbocycles. The van der Waals surface area contributed by atoms with Crippen molar-refractivity contribution in [2.24, 2.45) is 0 Å². The molecule has 2 aromatic carbocycles. The Morgan fingerprint density at radius 2 is 1.13 bits per heavy atom. The van der Waals surface area contributed by atoms with Gasteiger partial charge >= 0.3 is 6.09 Å². The number of rotatable bonds is 8. The number of amides is 1. The van der Waals surface area contributed by atoms with E-state index in [2.05, 4.69) is 73.6 Å². The van der Waals surface area contributed by atoms with Crippen molar-refractivity contribution < 1.29 is 14.6 Å². The van der Waals surface area contributed by atoms with Crippen LogP contribution in [-0.2, 0) is 0 Å². The Kier molecular flexibility index (Phi) is 7.94. The molecule has 0 spiro atoms. The lowest BCUT2D eigenvalue weighted by Crippen LogP contribution is -2.35. The molecule has 0 radical (unpaired) electrons. The zero-order valence-electron chi connectivity index (χ0n) is 19.7. The molecule has 0 unspecified atom stereocenters. The Labute approximate surface area is 181 Å². The fourth-order valence-corrected chi connectivity index (χ4v) is 3.82. The summed E-state index contributed by atoms with van der Waals surface area (Å²) in [6, 6.07) is 12.2. The average Bonchev–Trinajstić information content (AvgIpc) is 2.67. The minimum absolute atomic E-state index is 0.0394. The average molecular weight is 412 g/mol. The van der Waals surface area contributed by atoms with Crippen molar-refractivity contribution >= 4 is 11.8 Å². The van der Waals surface area contributed by atoms with E-state index in [9.17, 15) is 9.90 Å². The number of anilines is 1. The first kappa shape index (κ1) is 23.8. The van der Waals surface area contributed by atoms with E-state index in [4.69, 9.17) is 4.74 Å². The monoisotopic (exact) mass is 411 g/mol. The second kappa shape index (κ2) is 10.0. The molecule has 0 fully saturated rings. The molecule has 2 aromatic rings. The van der Waals surface area contributed by atoms with Gasteiger partial charge in [-0.05, 0) is 45.9 Å². The third kappa shape index (κ3) is 5.16. The number of ether oxygens (including phenoxy) is 1. The first-order chi connectivity index (χ1) is 14.1. The molecular weight excluding hydrogens is 374 g/mol. The molecule has 0 bridgehead atoms. The molecular formula is C26H37NO3. The molecule has 30 heavy (non-hydrogen) atoms. The molecule has 0 saturated carbocycles. The summed E-state index contributed by atoms with van der Waals surface area (Å²) in [4.78, 5) is 13.7. The van der Waals surface area contributed by atoms with Crippen molar-refractivity contribution in [1.29, 1.82) is 0 Å². The zero-order chi connectivity index (χ0) is 22.6. The molecule has 164 valence electrons. The maximum atomic E-state index is 12.4. The second-order valence-corrected chi connectivity index (χ2v) is 9.15. The number of benzene rings is 2. The van der Waals surface area contributed by atoms with Gasteiger partial charge in [-0.25, -0.2) is 9.69 Å². The summed E-state index contributed by atoms with van der Waals surface area (Å²) in [7, 11) is 0. The van der Waals surface area contributed by atoms with Crippen LogP contribution in [0.1, 0.15) is 101 Å². The molecule has 0 heterocycles. The first-order valence-electron chi connectivity index (χ1n) is 10.9. The van der Waals surface area contributed by atoms with E-state index in [0.29, 0.717) is 0 Å². The lowest BCUT2D eigenvalue weighted by atomic mass is 9.92. The largest absolute Gasteiger partial charge is 0.472 e. The lowest BCUT2D eigenvalue weighted by Gasteiger charge is -2.29. The second-order valence-electron chi connectivity index (χ2n) is 9.15. The van der Waals surface area contributed by atoms with Crippen LogP contribution in [0, 0.1) is 0 Å². The highest BCUT2D eigenvalue weighted by Gasteiger charge is 2.25. The van der Waals surface area contributed by atoms with Gasteiger partial charge in [0, 0.05) is 0 Å². The van der Waals surface area contributed by atoms with Crippen LogP contribution in [0.5, 0.6) is 5.75 Å². The Balaban J connectivity index is 2.54. The van der Waals surface area contributed by atoms with Gasteiger partial charge in [0.15, 0.2) is 6.73 Å². The van der Waals surface area contributed by atoms with Crippen LogP contribution >= 0.6 is 0 Å². The number of carboxylic acid groups (broad SMARTS) is 1. The summed E-state index contributed by atoms with van der Waals surface area (Å²) in [5, 5.41) is 10.1. The normalized spacial score (nSPS) is 11.6. The van der Waals surface area contributed by atoms with Crippen LogP contribution in [0.25, 0.3) is 0 Å². The predicted octanol–water partition coefficient (Wildman–Crippen LogP) is 7.70. The van der Waals surface area contributed by atoms with Gasteiger partial charge in [0.2, 0.25) is 0 Å². The highest BCUT2D eigenvalue weighted by atomic mass is 16.5. The van der Waals surface area contributed by atoms with E-state index in [-0.39, 0.29) is 30.4 Å². The van der Waals surface area contributed by atoms with Crippen molar-refractivity contribution in [3.8, 4) is 5.75 Å². The van der Waals surface area contributed by atoms with E-state index in [1.165, 1.54) is 4.90 Å². The molecule has 1 amide bonds. The zero-order valence-corrected chi connectivity index (χ0v) is 19.7. The third-order valence-corrected chi connectivity index (χ3v) is 5.50. The molecule has 0 aliphatic heterocycles. The van der Waals surface area contributed by atoms with E-state index in [1.807, 2.05) is 18.2 Å². The van der Waals surface area contributed by atoms with Crippen LogP contribution < -0.4 is 9.64 Å². The van der Waals surface area contributed by atoms with Gasteiger partial charge in [-0.2, -0.15) is 0 Å². The summed E-state index contributed by atoms with van der Waals surface area (Å²) in [6.07, 6.45) is -1.00. The highest BCUT2D eigenvalue weighted by Crippen LogP contribution is 2.37. The minimum atomic E-state index is -1.00. The fourth-order valence-electron chi connectivity index (χ4n) is 3.82. The number of carbonyl (C=O) groups is 1. The van der Waals surface area contributed by atoms with Crippen molar-refractivity contribution in [3.05, 3.63) is 58.7 Å². The lowest BCUT2D eigenvalue weighted by molar-refractivity contribution is 0.192. The maximum absolute atomic E-state index is 12.4. The van der Waals surface area contributed by atoms with E-state index < -0.39 is 6.09 Å². The molecule has 1 N–H and O–H groups in total.